The van der Waals surface area contributed by atoms with E-state index in [-0.39, 0.29) is 12.2 Å². The van der Waals surface area contributed by atoms with Crippen molar-refractivity contribution in [3.63, 3.8) is 0 Å². The molecule has 1 aliphatic carbocycles. The quantitative estimate of drug-likeness (QED) is 0.845. The Morgan fingerprint density at radius 2 is 2.00 bits per heavy atom. The third-order valence-electron chi connectivity index (χ3n) is 3.14. The highest BCUT2D eigenvalue weighted by Gasteiger charge is 2.46. The second-order valence-electron chi connectivity index (χ2n) is 4.67. The van der Waals surface area contributed by atoms with Crippen LogP contribution in [0.2, 0.25) is 0 Å². The Kier molecular flexibility index (Phi) is 3.11. The van der Waals surface area contributed by atoms with Gasteiger partial charge in [0, 0.05) is 6.42 Å². The molecule has 1 saturated carbocycles. The van der Waals surface area contributed by atoms with Crippen molar-refractivity contribution in [2.45, 2.75) is 24.2 Å². The fourth-order valence-corrected chi connectivity index (χ4v) is 3.92. The standard InChI is InChI=1S/C12H11F2NO2S/c13-9-1-2-10(14)11(7-9)18(16,17)8-12(3-4-12)5-6-15/h1-2,7H,3-5,8H2. The van der Waals surface area contributed by atoms with Crippen LogP contribution in [-0.2, 0) is 9.84 Å². The lowest BCUT2D eigenvalue weighted by molar-refractivity contribution is 0.530. The Morgan fingerprint density at radius 1 is 1.33 bits per heavy atom. The lowest BCUT2D eigenvalue weighted by Crippen LogP contribution is -2.18. The van der Waals surface area contributed by atoms with Crippen LogP contribution in [0, 0.1) is 28.4 Å². The van der Waals surface area contributed by atoms with E-state index in [1.165, 1.54) is 0 Å². The molecule has 0 amide bonds. The van der Waals surface area contributed by atoms with E-state index >= 15 is 0 Å². The van der Waals surface area contributed by atoms with Crippen molar-refractivity contribution in [2.75, 3.05) is 5.75 Å². The van der Waals surface area contributed by atoms with Crippen LogP contribution < -0.4 is 0 Å². The number of nitriles is 1. The largest absolute Gasteiger partial charge is 0.224 e. The van der Waals surface area contributed by atoms with Gasteiger partial charge in [0.25, 0.3) is 0 Å². The zero-order valence-corrected chi connectivity index (χ0v) is 10.3. The van der Waals surface area contributed by atoms with Crippen molar-refractivity contribution in [1.82, 2.24) is 0 Å². The van der Waals surface area contributed by atoms with E-state index in [0.717, 1.165) is 12.1 Å². The average Bonchev–Trinajstić information content (AvgIpc) is 3.01. The van der Waals surface area contributed by atoms with E-state index in [2.05, 4.69) is 0 Å². The van der Waals surface area contributed by atoms with Crippen molar-refractivity contribution in [3.8, 4) is 6.07 Å². The molecule has 6 heteroatoms. The third-order valence-corrected chi connectivity index (χ3v) is 5.11. The van der Waals surface area contributed by atoms with Crippen molar-refractivity contribution in [2.24, 2.45) is 5.41 Å². The molecule has 0 aromatic heterocycles. The molecular weight excluding hydrogens is 260 g/mol. The van der Waals surface area contributed by atoms with E-state index in [0.29, 0.717) is 18.9 Å². The van der Waals surface area contributed by atoms with E-state index in [1.54, 1.807) is 0 Å². The van der Waals surface area contributed by atoms with Crippen LogP contribution in [0.4, 0.5) is 8.78 Å². The van der Waals surface area contributed by atoms with Gasteiger partial charge in [0.2, 0.25) is 0 Å². The Morgan fingerprint density at radius 3 is 2.56 bits per heavy atom. The minimum Gasteiger partial charge on any atom is -0.224 e. The average molecular weight is 271 g/mol. The summed E-state index contributed by atoms with van der Waals surface area (Å²) in [6.07, 6.45) is 1.40. The molecule has 2 rings (SSSR count). The molecule has 0 aliphatic heterocycles. The van der Waals surface area contributed by atoms with Gasteiger partial charge in [0.15, 0.2) is 9.84 Å². The van der Waals surface area contributed by atoms with Crippen LogP contribution in [0.25, 0.3) is 0 Å². The molecule has 3 nitrogen and oxygen atoms in total. The summed E-state index contributed by atoms with van der Waals surface area (Å²) in [7, 11) is -3.90. The topological polar surface area (TPSA) is 57.9 Å². The number of sulfone groups is 1. The summed E-state index contributed by atoms with van der Waals surface area (Å²) in [5.41, 5.74) is -0.563. The number of nitrogens with zero attached hydrogens (tertiary/aromatic N) is 1. The highest BCUT2D eigenvalue weighted by atomic mass is 32.2. The highest BCUT2D eigenvalue weighted by Crippen LogP contribution is 2.50. The van der Waals surface area contributed by atoms with Gasteiger partial charge in [0.05, 0.1) is 11.8 Å². The molecule has 0 heterocycles. The van der Waals surface area contributed by atoms with Gasteiger partial charge in [0.1, 0.15) is 16.5 Å². The third kappa shape index (κ3) is 2.51. The maximum Gasteiger partial charge on any atom is 0.181 e. The fourth-order valence-electron chi connectivity index (χ4n) is 1.91. The fraction of sp³-hybridized carbons (Fsp3) is 0.417. The van der Waals surface area contributed by atoms with Crippen molar-refractivity contribution < 1.29 is 17.2 Å². The molecule has 0 bridgehead atoms. The summed E-state index contributed by atoms with van der Waals surface area (Å²) in [4.78, 5) is -0.619. The van der Waals surface area contributed by atoms with Crippen molar-refractivity contribution in [3.05, 3.63) is 29.8 Å². The maximum absolute atomic E-state index is 13.4. The molecule has 0 saturated heterocycles. The summed E-state index contributed by atoms with van der Waals surface area (Å²) in [5.74, 6) is -2.04. The molecule has 0 N–H and O–H groups in total. The molecule has 18 heavy (non-hydrogen) atoms. The van der Waals surface area contributed by atoms with Gasteiger partial charge >= 0.3 is 0 Å². The lowest BCUT2D eigenvalue weighted by atomic mass is 10.1. The molecule has 1 aromatic rings. The lowest BCUT2D eigenvalue weighted by Gasteiger charge is -2.12. The predicted molar refractivity (Wildman–Crippen MR) is 60.3 cm³/mol. The summed E-state index contributed by atoms with van der Waals surface area (Å²) in [6.45, 7) is 0. The van der Waals surface area contributed by atoms with E-state index in [1.807, 2.05) is 6.07 Å². The van der Waals surface area contributed by atoms with Crippen LogP contribution in [0.5, 0.6) is 0 Å². The number of hydrogen-bond donors (Lipinski definition) is 0. The first kappa shape index (κ1) is 13.0. The zero-order valence-electron chi connectivity index (χ0n) is 9.49. The molecule has 0 spiro atoms. The first-order valence-corrected chi connectivity index (χ1v) is 7.09. The van der Waals surface area contributed by atoms with E-state index in [9.17, 15) is 17.2 Å². The van der Waals surface area contributed by atoms with Crippen LogP contribution in [0.1, 0.15) is 19.3 Å². The molecule has 1 aliphatic rings. The predicted octanol–water partition coefficient (Wildman–Crippen LogP) is 2.43. The Hall–Kier alpha value is -1.48. The van der Waals surface area contributed by atoms with Gasteiger partial charge in [-0.3, -0.25) is 0 Å². The molecule has 1 fully saturated rings. The van der Waals surface area contributed by atoms with Crippen molar-refractivity contribution in [1.29, 1.82) is 5.26 Å². The summed E-state index contributed by atoms with van der Waals surface area (Å²) in [6, 6.07) is 4.30. The number of halogens is 2. The Balaban J connectivity index is 2.32. The second-order valence-corrected chi connectivity index (χ2v) is 6.63. The maximum atomic E-state index is 13.4. The zero-order chi connectivity index (χ0) is 13.4. The van der Waals surface area contributed by atoms with Crippen LogP contribution in [0.3, 0.4) is 0 Å². The first-order valence-electron chi connectivity index (χ1n) is 5.43. The molecule has 96 valence electrons. The number of hydrogen-bond acceptors (Lipinski definition) is 3. The van der Waals surface area contributed by atoms with Crippen molar-refractivity contribution >= 4 is 9.84 Å². The van der Waals surface area contributed by atoms with E-state index in [4.69, 9.17) is 5.26 Å². The van der Waals surface area contributed by atoms with Crippen LogP contribution >= 0.6 is 0 Å². The van der Waals surface area contributed by atoms with Crippen LogP contribution in [0.15, 0.2) is 23.1 Å². The van der Waals surface area contributed by atoms with Gasteiger partial charge in [-0.2, -0.15) is 5.26 Å². The molecule has 0 unspecified atom stereocenters. The monoisotopic (exact) mass is 271 g/mol. The summed E-state index contributed by atoms with van der Waals surface area (Å²) < 4.78 is 50.5. The summed E-state index contributed by atoms with van der Waals surface area (Å²) >= 11 is 0. The van der Waals surface area contributed by atoms with Gasteiger partial charge in [-0.05, 0) is 36.5 Å². The Bertz CT molecular complexity index is 615. The molecule has 0 atom stereocenters. The first-order chi connectivity index (χ1) is 8.38. The summed E-state index contributed by atoms with van der Waals surface area (Å²) in [5, 5.41) is 8.63. The van der Waals surface area contributed by atoms with Gasteiger partial charge < -0.3 is 0 Å². The molecule has 0 radical (unpaired) electrons. The van der Waals surface area contributed by atoms with Crippen LogP contribution in [-0.4, -0.2) is 14.2 Å². The molecular formula is C12H11F2NO2S. The minimum absolute atomic E-state index is 0.128. The second kappa shape index (κ2) is 4.32. The van der Waals surface area contributed by atoms with Gasteiger partial charge in [-0.15, -0.1) is 0 Å². The smallest absolute Gasteiger partial charge is 0.181 e. The van der Waals surface area contributed by atoms with Gasteiger partial charge in [-0.1, -0.05) is 0 Å². The molecule has 1 aromatic carbocycles. The highest BCUT2D eigenvalue weighted by molar-refractivity contribution is 7.91. The minimum atomic E-state index is -3.90. The number of benzene rings is 1. The van der Waals surface area contributed by atoms with Gasteiger partial charge in [-0.25, -0.2) is 17.2 Å². The number of rotatable bonds is 4. The normalized spacial score (nSPS) is 17.2. The van der Waals surface area contributed by atoms with E-state index < -0.39 is 31.8 Å². The SMILES string of the molecule is N#CCC1(CS(=O)(=O)c2cc(F)ccc2F)CC1. The Labute approximate surface area is 104 Å².